The summed E-state index contributed by atoms with van der Waals surface area (Å²) in [7, 11) is 0. The third-order valence-corrected chi connectivity index (χ3v) is 5.50. The van der Waals surface area contributed by atoms with E-state index in [-0.39, 0.29) is 6.09 Å². The molecule has 0 spiro atoms. The Morgan fingerprint density at radius 2 is 2.17 bits per heavy atom. The number of halogens is 1. The Kier molecular flexibility index (Phi) is 6.92. The van der Waals surface area contributed by atoms with Gasteiger partial charge in [0.1, 0.15) is 5.60 Å². The van der Waals surface area contributed by atoms with Crippen molar-refractivity contribution in [3.8, 4) is 0 Å². The summed E-state index contributed by atoms with van der Waals surface area (Å²) < 4.78 is 6.66. The fraction of sp³-hybridized carbons (Fsp3) is 0.706. The molecule has 0 aromatic carbocycles. The molecule has 1 atom stereocenters. The van der Waals surface area contributed by atoms with Gasteiger partial charge in [-0.2, -0.15) is 0 Å². The van der Waals surface area contributed by atoms with Crippen LogP contribution in [-0.2, 0) is 11.2 Å². The minimum Gasteiger partial charge on any atom is -0.444 e. The van der Waals surface area contributed by atoms with E-state index < -0.39 is 5.60 Å². The number of rotatable bonds is 4. The number of amides is 1. The first-order valence-corrected chi connectivity index (χ1v) is 9.90. The molecule has 1 aromatic heterocycles. The molecule has 1 amide bonds. The molecule has 23 heavy (non-hydrogen) atoms. The molecule has 130 valence electrons. The highest BCUT2D eigenvalue weighted by molar-refractivity contribution is 9.11. The van der Waals surface area contributed by atoms with Crippen LogP contribution in [0.1, 0.15) is 44.9 Å². The van der Waals surface area contributed by atoms with E-state index in [2.05, 4.69) is 33.4 Å². The zero-order valence-corrected chi connectivity index (χ0v) is 16.6. The second-order valence-corrected chi connectivity index (χ2v) is 9.55. The molecule has 4 nitrogen and oxygen atoms in total. The number of carbonyl (C=O) groups is 1. The van der Waals surface area contributed by atoms with Gasteiger partial charge in [0.15, 0.2) is 0 Å². The van der Waals surface area contributed by atoms with Gasteiger partial charge >= 0.3 is 6.09 Å². The van der Waals surface area contributed by atoms with Crippen molar-refractivity contribution in [2.45, 2.75) is 58.1 Å². The minimum absolute atomic E-state index is 0.179. The van der Waals surface area contributed by atoms with Gasteiger partial charge < -0.3 is 15.0 Å². The maximum Gasteiger partial charge on any atom is 0.410 e. The molecule has 0 aliphatic carbocycles. The number of hydrogen-bond donors (Lipinski definition) is 1. The van der Waals surface area contributed by atoms with E-state index in [1.165, 1.54) is 8.66 Å². The number of nitrogens with one attached hydrogen (secondary N) is 1. The lowest BCUT2D eigenvalue weighted by Crippen LogP contribution is -2.38. The van der Waals surface area contributed by atoms with Gasteiger partial charge in [-0.25, -0.2) is 4.79 Å². The molecule has 1 aromatic rings. The molecule has 1 fully saturated rings. The van der Waals surface area contributed by atoms with Crippen LogP contribution in [0.4, 0.5) is 4.79 Å². The van der Waals surface area contributed by atoms with Gasteiger partial charge in [-0.1, -0.05) is 0 Å². The van der Waals surface area contributed by atoms with Crippen molar-refractivity contribution < 1.29 is 9.53 Å². The van der Waals surface area contributed by atoms with Gasteiger partial charge in [0.05, 0.1) is 3.79 Å². The van der Waals surface area contributed by atoms with Crippen LogP contribution in [0, 0.1) is 0 Å². The first-order chi connectivity index (χ1) is 10.8. The van der Waals surface area contributed by atoms with Crippen LogP contribution in [-0.4, -0.2) is 42.3 Å². The van der Waals surface area contributed by atoms with Crippen molar-refractivity contribution in [2.75, 3.05) is 19.6 Å². The topological polar surface area (TPSA) is 41.6 Å². The number of nitrogens with zero attached hydrogens (tertiary/aromatic N) is 1. The van der Waals surface area contributed by atoms with Crippen molar-refractivity contribution >= 4 is 33.4 Å². The van der Waals surface area contributed by atoms with Crippen LogP contribution in [0.2, 0.25) is 0 Å². The van der Waals surface area contributed by atoms with Gasteiger partial charge in [0.2, 0.25) is 0 Å². The fourth-order valence-electron chi connectivity index (χ4n) is 2.70. The SMILES string of the molecule is CC(C)(C)OC(=O)N1CCCC(NCCc2ccc(Br)s2)CC1. The first-order valence-electron chi connectivity index (χ1n) is 8.29. The van der Waals surface area contributed by atoms with E-state index in [0.717, 1.165) is 45.3 Å². The molecule has 1 saturated heterocycles. The van der Waals surface area contributed by atoms with Crippen LogP contribution in [0.3, 0.4) is 0 Å². The summed E-state index contributed by atoms with van der Waals surface area (Å²) in [6.07, 6.45) is 4.02. The Morgan fingerprint density at radius 1 is 1.39 bits per heavy atom. The van der Waals surface area contributed by atoms with E-state index in [0.29, 0.717) is 6.04 Å². The van der Waals surface area contributed by atoms with Crippen molar-refractivity contribution in [3.63, 3.8) is 0 Å². The Bertz CT molecular complexity index is 513. The summed E-state index contributed by atoms with van der Waals surface area (Å²) in [5.74, 6) is 0. The van der Waals surface area contributed by atoms with Gasteiger partial charge in [-0.15, -0.1) is 11.3 Å². The minimum atomic E-state index is -0.421. The average Bonchev–Trinajstić information content (AvgIpc) is 2.71. The van der Waals surface area contributed by atoms with E-state index in [1.807, 2.05) is 25.7 Å². The van der Waals surface area contributed by atoms with E-state index in [1.54, 1.807) is 11.3 Å². The lowest BCUT2D eigenvalue weighted by atomic mass is 10.1. The molecule has 6 heteroatoms. The number of hydrogen-bond acceptors (Lipinski definition) is 4. The maximum absolute atomic E-state index is 12.2. The monoisotopic (exact) mass is 402 g/mol. The second-order valence-electron chi connectivity index (χ2n) is 7.01. The normalized spacial score (nSPS) is 19.5. The molecular formula is C17H27BrN2O2S. The zero-order valence-electron chi connectivity index (χ0n) is 14.2. The Morgan fingerprint density at radius 3 is 2.83 bits per heavy atom. The van der Waals surface area contributed by atoms with Crippen LogP contribution in [0.25, 0.3) is 0 Å². The van der Waals surface area contributed by atoms with Gasteiger partial charge in [-0.3, -0.25) is 0 Å². The summed E-state index contributed by atoms with van der Waals surface area (Å²) in [5.41, 5.74) is -0.421. The predicted octanol–water partition coefficient (Wildman–Crippen LogP) is 4.43. The van der Waals surface area contributed by atoms with Crippen LogP contribution < -0.4 is 5.32 Å². The number of thiophene rings is 1. The van der Waals surface area contributed by atoms with Crippen molar-refractivity contribution in [2.24, 2.45) is 0 Å². The molecule has 1 aliphatic heterocycles. The Balaban J connectivity index is 1.72. The highest BCUT2D eigenvalue weighted by atomic mass is 79.9. The van der Waals surface area contributed by atoms with Crippen LogP contribution >= 0.6 is 27.3 Å². The highest BCUT2D eigenvalue weighted by Gasteiger charge is 2.24. The number of carbonyl (C=O) groups excluding carboxylic acids is 1. The largest absolute Gasteiger partial charge is 0.444 e. The van der Waals surface area contributed by atoms with E-state index in [4.69, 9.17) is 4.74 Å². The van der Waals surface area contributed by atoms with Crippen LogP contribution in [0.15, 0.2) is 15.9 Å². The first kappa shape index (κ1) is 18.7. The third-order valence-electron chi connectivity index (χ3n) is 3.81. The smallest absolute Gasteiger partial charge is 0.410 e. The Hall–Kier alpha value is -0.590. The second kappa shape index (κ2) is 8.49. The molecule has 2 heterocycles. The van der Waals surface area contributed by atoms with E-state index >= 15 is 0 Å². The molecule has 0 bridgehead atoms. The molecule has 0 saturated carbocycles. The molecule has 0 radical (unpaired) electrons. The maximum atomic E-state index is 12.2. The lowest BCUT2D eigenvalue weighted by molar-refractivity contribution is 0.0256. The average molecular weight is 403 g/mol. The summed E-state index contributed by atoms with van der Waals surface area (Å²) >= 11 is 5.30. The molecule has 1 N–H and O–H groups in total. The fourth-order valence-corrected chi connectivity index (χ4v) is 4.18. The quantitative estimate of drug-likeness (QED) is 0.809. The Labute approximate surface area is 151 Å². The molecule has 2 rings (SSSR count). The van der Waals surface area contributed by atoms with Gasteiger partial charge in [0, 0.05) is 30.6 Å². The van der Waals surface area contributed by atoms with Crippen molar-refractivity contribution in [3.05, 3.63) is 20.8 Å². The standard InChI is InChI=1S/C17H27BrN2O2S/c1-17(2,3)22-16(21)20-11-4-5-13(9-12-20)19-10-8-14-6-7-15(18)23-14/h6-7,13,19H,4-5,8-12H2,1-3H3. The summed E-state index contributed by atoms with van der Waals surface area (Å²) in [5, 5.41) is 3.64. The lowest BCUT2D eigenvalue weighted by Gasteiger charge is -2.26. The van der Waals surface area contributed by atoms with Crippen molar-refractivity contribution in [1.29, 1.82) is 0 Å². The number of likely N-dealkylation sites (tertiary alicyclic amines) is 1. The highest BCUT2D eigenvalue weighted by Crippen LogP contribution is 2.22. The summed E-state index contributed by atoms with van der Waals surface area (Å²) in [6, 6.07) is 4.77. The third kappa shape index (κ3) is 6.81. The summed E-state index contributed by atoms with van der Waals surface area (Å²) in [6.45, 7) is 8.30. The van der Waals surface area contributed by atoms with Gasteiger partial charge in [0.25, 0.3) is 0 Å². The number of ether oxygens (including phenoxy) is 1. The summed E-state index contributed by atoms with van der Waals surface area (Å²) in [4.78, 5) is 15.4. The molecule has 1 aliphatic rings. The van der Waals surface area contributed by atoms with Gasteiger partial charge in [-0.05, 0) is 74.5 Å². The predicted molar refractivity (Wildman–Crippen MR) is 99.2 cm³/mol. The zero-order chi connectivity index (χ0) is 16.9. The van der Waals surface area contributed by atoms with Crippen LogP contribution in [0.5, 0.6) is 0 Å². The van der Waals surface area contributed by atoms with Crippen molar-refractivity contribution in [1.82, 2.24) is 10.2 Å². The van der Waals surface area contributed by atoms with E-state index in [9.17, 15) is 4.79 Å². The molecule has 1 unspecified atom stereocenters. The molecular weight excluding hydrogens is 376 g/mol.